The molecule has 0 aliphatic carbocycles. The minimum absolute atomic E-state index is 0.224. The molecule has 0 saturated heterocycles. The predicted molar refractivity (Wildman–Crippen MR) is 130 cm³/mol. The van der Waals surface area contributed by atoms with Crippen molar-refractivity contribution < 1.29 is 23.8 Å². The van der Waals surface area contributed by atoms with E-state index in [9.17, 15) is 19.5 Å². The lowest BCUT2D eigenvalue weighted by Crippen LogP contribution is -2.49. The van der Waals surface area contributed by atoms with Crippen LogP contribution in [0, 0.1) is 19.8 Å². The molecule has 0 aliphatic rings. The quantitative estimate of drug-likeness (QED) is 0.454. The minimum Gasteiger partial charge on any atom is -0.480 e. The van der Waals surface area contributed by atoms with E-state index in [0.29, 0.717) is 35.3 Å². The van der Waals surface area contributed by atoms with Crippen molar-refractivity contribution in [1.82, 2.24) is 5.32 Å². The number of hydrogen-bond acceptors (Lipinski definition) is 5. The Morgan fingerprint density at radius 3 is 2.35 bits per heavy atom. The molecule has 34 heavy (non-hydrogen) atoms. The molecule has 180 valence electrons. The second-order valence-electron chi connectivity index (χ2n) is 8.69. The van der Waals surface area contributed by atoms with Gasteiger partial charge in [0, 0.05) is 22.9 Å². The molecule has 0 unspecified atom stereocenters. The molecule has 1 amide bonds. The third kappa shape index (κ3) is 5.30. The average molecular weight is 466 g/mol. The van der Waals surface area contributed by atoms with Crippen LogP contribution in [0.4, 0.5) is 0 Å². The topological polar surface area (TPSA) is 106 Å². The predicted octanol–water partition coefficient (Wildman–Crippen LogP) is 4.38. The van der Waals surface area contributed by atoms with Crippen LogP contribution in [0.5, 0.6) is 5.75 Å². The van der Waals surface area contributed by atoms with E-state index in [0.717, 1.165) is 16.5 Å². The van der Waals surface area contributed by atoms with Crippen molar-refractivity contribution in [2.24, 2.45) is 5.92 Å². The summed E-state index contributed by atoms with van der Waals surface area (Å²) in [5, 5.41) is 12.8. The van der Waals surface area contributed by atoms with E-state index < -0.39 is 29.6 Å². The standard InChI is InChI=1S/C27H31NO6/c1-6-15(2)23(26(30)31)28-25(29)18(5)33-22-13-12-20-16(3)21(14-19-10-8-7-9-11-19)27(32)34-24(20)17(22)4/h7-13,15,18,23H,6,14H2,1-5H3,(H,28,29)(H,30,31)/t15-,18+,23-/m0/s1. The lowest BCUT2D eigenvalue weighted by molar-refractivity contribution is -0.144. The first-order chi connectivity index (χ1) is 16.1. The van der Waals surface area contributed by atoms with Crippen molar-refractivity contribution in [3.8, 4) is 5.75 Å². The number of amides is 1. The first-order valence-electron chi connectivity index (χ1n) is 11.4. The van der Waals surface area contributed by atoms with Gasteiger partial charge < -0.3 is 19.6 Å². The monoisotopic (exact) mass is 465 g/mol. The van der Waals surface area contributed by atoms with Crippen LogP contribution in [0.15, 0.2) is 51.7 Å². The summed E-state index contributed by atoms with van der Waals surface area (Å²) in [7, 11) is 0. The fourth-order valence-electron chi connectivity index (χ4n) is 3.90. The van der Waals surface area contributed by atoms with E-state index in [1.807, 2.05) is 50.2 Å². The van der Waals surface area contributed by atoms with Gasteiger partial charge in [0.05, 0.1) is 0 Å². The number of carboxylic acid groups (broad SMARTS) is 1. The van der Waals surface area contributed by atoms with Crippen LogP contribution in [0.1, 0.15) is 49.4 Å². The van der Waals surface area contributed by atoms with Crippen molar-refractivity contribution in [3.63, 3.8) is 0 Å². The largest absolute Gasteiger partial charge is 0.480 e. The first-order valence-corrected chi connectivity index (χ1v) is 11.4. The summed E-state index contributed by atoms with van der Waals surface area (Å²) in [6.07, 6.45) is 0.147. The molecule has 7 nitrogen and oxygen atoms in total. The maximum atomic E-state index is 12.8. The number of carboxylic acids is 1. The van der Waals surface area contributed by atoms with E-state index in [2.05, 4.69) is 5.32 Å². The smallest absolute Gasteiger partial charge is 0.340 e. The van der Waals surface area contributed by atoms with Gasteiger partial charge in [-0.1, -0.05) is 50.6 Å². The number of benzene rings is 2. The molecule has 0 bridgehead atoms. The maximum absolute atomic E-state index is 12.8. The summed E-state index contributed by atoms with van der Waals surface area (Å²) in [5.41, 5.74) is 3.06. The van der Waals surface area contributed by atoms with E-state index in [1.54, 1.807) is 26.8 Å². The summed E-state index contributed by atoms with van der Waals surface area (Å²) < 4.78 is 11.5. The molecule has 2 aromatic carbocycles. The van der Waals surface area contributed by atoms with Crippen LogP contribution in [0.3, 0.4) is 0 Å². The molecule has 0 radical (unpaired) electrons. The SMILES string of the molecule is CC[C@H](C)[C@H](NC(=O)[C@@H](C)Oc1ccc2c(C)c(Cc3ccccc3)c(=O)oc2c1C)C(=O)O. The number of carbonyl (C=O) groups excluding carboxylic acids is 1. The highest BCUT2D eigenvalue weighted by Crippen LogP contribution is 2.30. The third-order valence-electron chi connectivity index (χ3n) is 6.33. The Kier molecular flexibility index (Phi) is 7.76. The number of fused-ring (bicyclic) bond motifs is 1. The van der Waals surface area contributed by atoms with Crippen molar-refractivity contribution in [2.45, 2.75) is 59.6 Å². The molecule has 3 rings (SSSR count). The number of aliphatic carboxylic acids is 1. The fraction of sp³-hybridized carbons (Fsp3) is 0.370. The summed E-state index contributed by atoms with van der Waals surface area (Å²) in [6.45, 7) is 8.86. The molecule has 3 atom stereocenters. The zero-order valence-electron chi connectivity index (χ0n) is 20.2. The maximum Gasteiger partial charge on any atom is 0.340 e. The van der Waals surface area contributed by atoms with Gasteiger partial charge >= 0.3 is 11.6 Å². The Morgan fingerprint density at radius 1 is 1.06 bits per heavy atom. The molecule has 3 aromatic rings. The molecule has 0 aliphatic heterocycles. The second-order valence-corrected chi connectivity index (χ2v) is 8.69. The van der Waals surface area contributed by atoms with Crippen LogP contribution >= 0.6 is 0 Å². The van der Waals surface area contributed by atoms with Gasteiger partial charge in [-0.05, 0) is 49.9 Å². The molecule has 0 spiro atoms. The van der Waals surface area contributed by atoms with Gasteiger partial charge in [-0.2, -0.15) is 0 Å². The van der Waals surface area contributed by atoms with Crippen molar-refractivity contribution in [3.05, 3.63) is 75.1 Å². The average Bonchev–Trinajstić information content (AvgIpc) is 2.82. The van der Waals surface area contributed by atoms with Gasteiger partial charge in [-0.3, -0.25) is 4.79 Å². The van der Waals surface area contributed by atoms with Crippen molar-refractivity contribution in [2.75, 3.05) is 0 Å². The highest BCUT2D eigenvalue weighted by Gasteiger charge is 2.28. The molecule has 7 heteroatoms. The highest BCUT2D eigenvalue weighted by molar-refractivity contribution is 5.88. The molecule has 0 saturated carbocycles. The number of aryl methyl sites for hydroxylation is 2. The summed E-state index contributed by atoms with van der Waals surface area (Å²) in [4.78, 5) is 36.9. The summed E-state index contributed by atoms with van der Waals surface area (Å²) in [6, 6.07) is 12.3. The highest BCUT2D eigenvalue weighted by atomic mass is 16.5. The van der Waals surface area contributed by atoms with E-state index in [1.165, 1.54) is 0 Å². The Balaban J connectivity index is 1.86. The van der Waals surface area contributed by atoms with Crippen LogP contribution < -0.4 is 15.7 Å². The third-order valence-corrected chi connectivity index (χ3v) is 6.33. The van der Waals surface area contributed by atoms with Crippen molar-refractivity contribution in [1.29, 1.82) is 0 Å². The van der Waals surface area contributed by atoms with Crippen LogP contribution in [-0.2, 0) is 16.0 Å². The van der Waals surface area contributed by atoms with E-state index in [-0.39, 0.29) is 5.92 Å². The van der Waals surface area contributed by atoms with Gasteiger partial charge in [0.15, 0.2) is 6.10 Å². The Morgan fingerprint density at radius 2 is 1.74 bits per heavy atom. The fourth-order valence-corrected chi connectivity index (χ4v) is 3.90. The van der Waals surface area contributed by atoms with Gasteiger partial charge in [0.25, 0.3) is 5.91 Å². The Labute approximate surface area is 198 Å². The molecule has 1 aromatic heterocycles. The van der Waals surface area contributed by atoms with Gasteiger partial charge in [0.1, 0.15) is 17.4 Å². The minimum atomic E-state index is -1.08. The molecular formula is C27H31NO6. The van der Waals surface area contributed by atoms with Gasteiger partial charge in [-0.25, -0.2) is 9.59 Å². The second kappa shape index (κ2) is 10.5. The number of rotatable bonds is 9. The summed E-state index contributed by atoms with van der Waals surface area (Å²) >= 11 is 0. The zero-order valence-corrected chi connectivity index (χ0v) is 20.2. The first kappa shape index (κ1) is 25.0. The normalized spacial score (nSPS) is 13.8. The van der Waals surface area contributed by atoms with E-state index in [4.69, 9.17) is 9.15 Å². The molecule has 0 fully saturated rings. The van der Waals surface area contributed by atoms with Crippen LogP contribution in [-0.4, -0.2) is 29.1 Å². The molecule has 1 heterocycles. The lowest BCUT2D eigenvalue weighted by atomic mass is 9.98. The number of hydrogen-bond donors (Lipinski definition) is 2. The summed E-state index contributed by atoms with van der Waals surface area (Å²) in [5.74, 6) is -1.44. The lowest BCUT2D eigenvalue weighted by Gasteiger charge is -2.23. The molecule has 2 N–H and O–H groups in total. The van der Waals surface area contributed by atoms with Crippen LogP contribution in [0.25, 0.3) is 11.0 Å². The molecular weight excluding hydrogens is 434 g/mol. The Hall–Kier alpha value is -3.61. The van der Waals surface area contributed by atoms with Crippen LogP contribution in [0.2, 0.25) is 0 Å². The Bertz CT molecular complexity index is 1250. The zero-order chi connectivity index (χ0) is 25.0. The van der Waals surface area contributed by atoms with Gasteiger partial charge in [0.2, 0.25) is 0 Å². The number of ether oxygens (including phenoxy) is 1. The number of carbonyl (C=O) groups is 2. The van der Waals surface area contributed by atoms with Gasteiger partial charge in [-0.15, -0.1) is 0 Å². The van der Waals surface area contributed by atoms with E-state index >= 15 is 0 Å². The number of nitrogens with one attached hydrogen (secondary N) is 1. The van der Waals surface area contributed by atoms with Crippen molar-refractivity contribution >= 4 is 22.8 Å².